The van der Waals surface area contributed by atoms with Crippen LogP contribution >= 0.6 is 11.6 Å². The van der Waals surface area contributed by atoms with E-state index >= 15 is 0 Å². The molecular weight excluding hydrogens is 322 g/mol. The van der Waals surface area contributed by atoms with E-state index in [2.05, 4.69) is 10.6 Å². The summed E-state index contributed by atoms with van der Waals surface area (Å²) < 4.78 is 0. The quantitative estimate of drug-likeness (QED) is 0.659. The first kappa shape index (κ1) is 18.9. The Morgan fingerprint density at radius 1 is 1.35 bits per heavy atom. The Morgan fingerprint density at radius 3 is 2.61 bits per heavy atom. The molecule has 1 unspecified atom stereocenters. The summed E-state index contributed by atoms with van der Waals surface area (Å²) in [5.41, 5.74) is 0.535. The van der Waals surface area contributed by atoms with Crippen molar-refractivity contribution in [1.29, 1.82) is 0 Å². The maximum Gasteiger partial charge on any atom is 0.320 e. The smallest absolute Gasteiger partial charge is 0.320 e. The van der Waals surface area contributed by atoms with Crippen LogP contribution in [-0.2, 0) is 14.4 Å². The Labute approximate surface area is 139 Å². The van der Waals surface area contributed by atoms with Gasteiger partial charge in [-0.2, -0.15) is 0 Å². The van der Waals surface area contributed by atoms with Crippen LogP contribution in [0.5, 0.6) is 0 Å². The van der Waals surface area contributed by atoms with Gasteiger partial charge in [0.25, 0.3) is 0 Å². The fraction of sp³-hybridized carbons (Fsp3) is 0.400. The van der Waals surface area contributed by atoms with Crippen LogP contribution in [0.2, 0.25) is 5.02 Å². The van der Waals surface area contributed by atoms with E-state index in [-0.39, 0.29) is 31.4 Å². The first-order valence-corrected chi connectivity index (χ1v) is 7.44. The van der Waals surface area contributed by atoms with Crippen LogP contribution in [0.3, 0.4) is 0 Å². The molecule has 0 spiro atoms. The number of hydrogen-bond acceptors (Lipinski definition) is 4. The molecule has 0 aliphatic rings. The highest BCUT2D eigenvalue weighted by molar-refractivity contribution is 6.30. The molecule has 126 valence electrons. The summed E-state index contributed by atoms with van der Waals surface area (Å²) in [6.45, 7) is 3.26. The highest BCUT2D eigenvalue weighted by Gasteiger charge is 2.22. The standard InChI is InChI=1S/C15H20ClN3O4/c1-10(15(22)23)19(7-6-17-11(2)20)9-14(21)18-13-5-3-4-12(16)8-13/h3-5,8,10H,6-7,9H2,1-2H3,(H,17,20)(H,18,21)(H,22,23). The lowest BCUT2D eigenvalue weighted by atomic mass is 10.2. The van der Waals surface area contributed by atoms with Gasteiger partial charge in [-0.15, -0.1) is 0 Å². The normalized spacial score (nSPS) is 11.8. The zero-order valence-electron chi connectivity index (χ0n) is 13.0. The van der Waals surface area contributed by atoms with Crippen LogP contribution in [0.4, 0.5) is 5.69 Å². The Balaban J connectivity index is 2.65. The number of benzene rings is 1. The van der Waals surface area contributed by atoms with Crippen molar-refractivity contribution in [3.8, 4) is 0 Å². The van der Waals surface area contributed by atoms with E-state index in [1.165, 1.54) is 18.7 Å². The van der Waals surface area contributed by atoms with E-state index in [4.69, 9.17) is 16.7 Å². The van der Waals surface area contributed by atoms with Crippen LogP contribution in [-0.4, -0.2) is 53.5 Å². The first-order valence-electron chi connectivity index (χ1n) is 7.06. The first-order chi connectivity index (χ1) is 10.8. The molecule has 0 saturated heterocycles. The molecule has 1 rings (SSSR count). The lowest BCUT2D eigenvalue weighted by molar-refractivity contribution is -0.142. The summed E-state index contributed by atoms with van der Waals surface area (Å²) in [6, 6.07) is 5.82. The van der Waals surface area contributed by atoms with Crippen molar-refractivity contribution in [3.63, 3.8) is 0 Å². The molecule has 7 nitrogen and oxygen atoms in total. The molecule has 23 heavy (non-hydrogen) atoms. The van der Waals surface area contributed by atoms with Crippen molar-refractivity contribution in [2.24, 2.45) is 0 Å². The lowest BCUT2D eigenvalue weighted by Crippen LogP contribution is -2.46. The summed E-state index contributed by atoms with van der Waals surface area (Å²) in [7, 11) is 0. The number of carbonyl (C=O) groups is 3. The Kier molecular flexibility index (Phi) is 7.50. The molecule has 0 aromatic heterocycles. The molecule has 0 heterocycles. The number of carbonyl (C=O) groups excluding carboxylic acids is 2. The van der Waals surface area contributed by atoms with Gasteiger partial charge in [-0.25, -0.2) is 0 Å². The Hall–Kier alpha value is -2.12. The molecule has 0 aliphatic heterocycles. The monoisotopic (exact) mass is 341 g/mol. The maximum absolute atomic E-state index is 12.1. The van der Waals surface area contributed by atoms with E-state index < -0.39 is 12.0 Å². The average molecular weight is 342 g/mol. The Bertz CT molecular complexity index is 580. The summed E-state index contributed by atoms with van der Waals surface area (Å²) in [6.07, 6.45) is 0. The third kappa shape index (κ3) is 7.12. The number of hydrogen-bond donors (Lipinski definition) is 3. The van der Waals surface area contributed by atoms with Gasteiger partial charge in [0.05, 0.1) is 6.54 Å². The molecule has 0 fully saturated rings. The van der Waals surface area contributed by atoms with Gasteiger partial charge in [-0.3, -0.25) is 19.3 Å². The van der Waals surface area contributed by atoms with Crippen LogP contribution in [0.15, 0.2) is 24.3 Å². The molecule has 0 radical (unpaired) electrons. The number of anilines is 1. The molecule has 0 saturated carbocycles. The van der Waals surface area contributed by atoms with Crippen LogP contribution in [0.1, 0.15) is 13.8 Å². The van der Waals surface area contributed by atoms with E-state index in [0.29, 0.717) is 10.7 Å². The highest BCUT2D eigenvalue weighted by atomic mass is 35.5. The second kappa shape index (κ2) is 9.12. The second-order valence-electron chi connectivity index (χ2n) is 5.03. The molecule has 8 heteroatoms. The highest BCUT2D eigenvalue weighted by Crippen LogP contribution is 2.14. The van der Waals surface area contributed by atoms with Crippen molar-refractivity contribution in [3.05, 3.63) is 29.3 Å². The van der Waals surface area contributed by atoms with Crippen LogP contribution in [0, 0.1) is 0 Å². The van der Waals surface area contributed by atoms with Crippen molar-refractivity contribution < 1.29 is 19.5 Å². The fourth-order valence-corrected chi connectivity index (χ4v) is 2.08. The van der Waals surface area contributed by atoms with E-state index in [9.17, 15) is 14.4 Å². The van der Waals surface area contributed by atoms with E-state index in [0.717, 1.165) is 0 Å². The van der Waals surface area contributed by atoms with E-state index in [1.54, 1.807) is 24.3 Å². The van der Waals surface area contributed by atoms with E-state index in [1.807, 2.05) is 0 Å². The number of carboxylic acid groups (broad SMARTS) is 1. The third-order valence-corrected chi connectivity index (χ3v) is 3.37. The summed E-state index contributed by atoms with van der Waals surface area (Å²) in [5.74, 6) is -1.61. The number of nitrogens with one attached hydrogen (secondary N) is 2. The zero-order chi connectivity index (χ0) is 17.4. The van der Waals surface area contributed by atoms with Gasteiger partial charge in [0.15, 0.2) is 0 Å². The van der Waals surface area contributed by atoms with Crippen molar-refractivity contribution in [2.45, 2.75) is 19.9 Å². The van der Waals surface area contributed by atoms with Gasteiger partial charge in [-0.1, -0.05) is 17.7 Å². The summed E-state index contributed by atoms with van der Waals surface area (Å²) in [4.78, 5) is 35.6. The van der Waals surface area contributed by atoms with Crippen molar-refractivity contribution in [2.75, 3.05) is 25.0 Å². The maximum atomic E-state index is 12.1. The third-order valence-electron chi connectivity index (χ3n) is 3.13. The topological polar surface area (TPSA) is 98.7 Å². The van der Waals surface area contributed by atoms with Gasteiger partial charge in [0, 0.05) is 30.7 Å². The number of halogens is 1. The number of nitrogens with zero attached hydrogens (tertiary/aromatic N) is 1. The predicted octanol–water partition coefficient (Wildman–Crippen LogP) is 1.19. The largest absolute Gasteiger partial charge is 0.480 e. The molecule has 1 atom stereocenters. The lowest BCUT2D eigenvalue weighted by Gasteiger charge is -2.25. The molecule has 0 bridgehead atoms. The molecule has 1 aromatic carbocycles. The number of amides is 2. The molecule has 2 amide bonds. The van der Waals surface area contributed by atoms with Gasteiger partial charge in [0.1, 0.15) is 6.04 Å². The SMILES string of the molecule is CC(=O)NCCN(CC(=O)Nc1cccc(Cl)c1)C(C)C(=O)O. The minimum Gasteiger partial charge on any atom is -0.480 e. The zero-order valence-corrected chi connectivity index (χ0v) is 13.8. The molecule has 0 aliphatic carbocycles. The Morgan fingerprint density at radius 2 is 2.04 bits per heavy atom. The molecule has 1 aromatic rings. The summed E-state index contributed by atoms with van der Waals surface area (Å²) in [5, 5.41) is 14.9. The second-order valence-corrected chi connectivity index (χ2v) is 5.46. The predicted molar refractivity (Wildman–Crippen MR) is 87.4 cm³/mol. The van der Waals surface area contributed by atoms with Crippen molar-refractivity contribution >= 4 is 35.1 Å². The molecular formula is C15H20ClN3O4. The van der Waals surface area contributed by atoms with Crippen LogP contribution in [0.25, 0.3) is 0 Å². The fourth-order valence-electron chi connectivity index (χ4n) is 1.89. The van der Waals surface area contributed by atoms with Gasteiger partial charge in [0.2, 0.25) is 11.8 Å². The number of aliphatic carboxylic acids is 1. The van der Waals surface area contributed by atoms with Crippen LogP contribution < -0.4 is 10.6 Å². The van der Waals surface area contributed by atoms with Gasteiger partial charge >= 0.3 is 5.97 Å². The number of carboxylic acids is 1. The average Bonchev–Trinajstić information content (AvgIpc) is 2.44. The number of rotatable bonds is 8. The summed E-state index contributed by atoms with van der Waals surface area (Å²) >= 11 is 5.84. The van der Waals surface area contributed by atoms with Gasteiger partial charge in [-0.05, 0) is 25.1 Å². The minimum atomic E-state index is -1.04. The minimum absolute atomic E-state index is 0.112. The van der Waals surface area contributed by atoms with Gasteiger partial charge < -0.3 is 15.7 Å². The van der Waals surface area contributed by atoms with Crippen molar-refractivity contribution in [1.82, 2.24) is 10.2 Å². The molecule has 3 N–H and O–H groups in total.